The fourth-order valence-corrected chi connectivity index (χ4v) is 6.07. The maximum absolute atomic E-state index is 13.2. The number of nitrogens with zero attached hydrogens (tertiary/aromatic N) is 4. The Labute approximate surface area is 176 Å². The molecule has 8 heteroatoms. The molecular weight excluding hydrogens is 400 g/mol. The highest BCUT2D eigenvalue weighted by atomic mass is 32.2. The number of hydrogen-bond acceptors (Lipinski definition) is 5. The Kier molecular flexibility index (Phi) is 5.48. The largest absolute Gasteiger partial charge is 0.282 e. The van der Waals surface area contributed by atoms with Crippen LogP contribution in [-0.4, -0.2) is 53.6 Å². The lowest BCUT2D eigenvalue weighted by Gasteiger charge is -2.34. The molecule has 0 spiro atoms. The van der Waals surface area contributed by atoms with Crippen LogP contribution in [0.25, 0.3) is 10.8 Å². The molecule has 0 aliphatic carbocycles. The minimum atomic E-state index is -3.55. The lowest BCUT2D eigenvalue weighted by Crippen LogP contribution is -2.50. The van der Waals surface area contributed by atoms with Gasteiger partial charge in [0.25, 0.3) is 5.56 Å². The maximum Gasteiger partial charge on any atom is 0.275 e. The smallest absolute Gasteiger partial charge is 0.275 e. The first kappa shape index (κ1) is 20.7. The normalized spacial score (nSPS) is 16.2. The van der Waals surface area contributed by atoms with Crippen LogP contribution in [0.2, 0.25) is 0 Å². The molecule has 2 aromatic carbocycles. The first-order valence-corrected chi connectivity index (χ1v) is 11.5. The zero-order valence-electron chi connectivity index (χ0n) is 17.5. The van der Waals surface area contributed by atoms with E-state index in [2.05, 4.69) is 10.00 Å². The standard InChI is InChI=1S/C22H26N4O3S/c1-16-12-17(2)21(18(3)13-16)30(28,29)25-10-8-24(9-11-25)15-26-22(27)20-7-5-4-6-19(20)14-23-26/h4-7,12-14H,8-11,15H2,1-3H3. The monoisotopic (exact) mass is 426 g/mol. The van der Waals surface area contributed by atoms with Gasteiger partial charge in [0.1, 0.15) is 0 Å². The molecule has 1 saturated heterocycles. The number of hydrogen-bond donors (Lipinski definition) is 0. The Hall–Kier alpha value is -2.55. The van der Waals surface area contributed by atoms with E-state index >= 15 is 0 Å². The summed E-state index contributed by atoms with van der Waals surface area (Å²) in [6.07, 6.45) is 1.69. The van der Waals surface area contributed by atoms with Crippen LogP contribution in [0.1, 0.15) is 16.7 Å². The molecule has 0 N–H and O–H groups in total. The average Bonchev–Trinajstić information content (AvgIpc) is 2.70. The van der Waals surface area contributed by atoms with E-state index in [9.17, 15) is 13.2 Å². The summed E-state index contributed by atoms with van der Waals surface area (Å²) in [6.45, 7) is 7.88. The summed E-state index contributed by atoms with van der Waals surface area (Å²) in [5.74, 6) is 0. The van der Waals surface area contributed by atoms with Crippen molar-refractivity contribution < 1.29 is 8.42 Å². The Bertz CT molecular complexity index is 1240. The summed E-state index contributed by atoms with van der Waals surface area (Å²) in [5.41, 5.74) is 2.49. The van der Waals surface area contributed by atoms with Gasteiger partial charge in [-0.05, 0) is 38.0 Å². The predicted molar refractivity (Wildman–Crippen MR) is 117 cm³/mol. The second-order valence-corrected chi connectivity index (χ2v) is 9.80. The van der Waals surface area contributed by atoms with Gasteiger partial charge >= 0.3 is 0 Å². The lowest BCUT2D eigenvalue weighted by molar-refractivity contribution is 0.143. The zero-order valence-corrected chi connectivity index (χ0v) is 18.3. The van der Waals surface area contributed by atoms with Crippen molar-refractivity contribution in [1.82, 2.24) is 19.0 Å². The van der Waals surface area contributed by atoms with Gasteiger partial charge in [-0.2, -0.15) is 9.40 Å². The predicted octanol–water partition coefficient (Wildman–Crippen LogP) is 2.29. The third-order valence-electron chi connectivity index (χ3n) is 5.63. The molecule has 1 aliphatic heterocycles. The summed E-state index contributed by atoms with van der Waals surface area (Å²) in [4.78, 5) is 15.2. The van der Waals surface area contributed by atoms with Crippen LogP contribution in [0.5, 0.6) is 0 Å². The summed E-state index contributed by atoms with van der Waals surface area (Å²) < 4.78 is 29.5. The quantitative estimate of drug-likeness (QED) is 0.640. The summed E-state index contributed by atoms with van der Waals surface area (Å²) >= 11 is 0. The Morgan fingerprint density at radius 2 is 1.60 bits per heavy atom. The lowest BCUT2D eigenvalue weighted by atomic mass is 10.1. The molecule has 7 nitrogen and oxygen atoms in total. The van der Waals surface area contributed by atoms with Crippen molar-refractivity contribution in [2.24, 2.45) is 0 Å². The number of rotatable bonds is 4. The van der Waals surface area contributed by atoms with E-state index in [0.717, 1.165) is 22.1 Å². The van der Waals surface area contributed by atoms with Gasteiger partial charge in [-0.15, -0.1) is 0 Å². The molecule has 4 rings (SSSR count). The highest BCUT2D eigenvalue weighted by molar-refractivity contribution is 7.89. The van der Waals surface area contributed by atoms with Crippen molar-refractivity contribution in [3.63, 3.8) is 0 Å². The molecule has 1 fully saturated rings. The van der Waals surface area contributed by atoms with Crippen LogP contribution in [0, 0.1) is 20.8 Å². The van der Waals surface area contributed by atoms with E-state index in [1.807, 2.05) is 51.1 Å². The minimum Gasteiger partial charge on any atom is -0.282 e. The van der Waals surface area contributed by atoms with E-state index in [4.69, 9.17) is 0 Å². The van der Waals surface area contributed by atoms with Gasteiger partial charge in [-0.25, -0.2) is 13.1 Å². The van der Waals surface area contributed by atoms with E-state index in [1.54, 1.807) is 16.6 Å². The fraction of sp³-hybridized carbons (Fsp3) is 0.364. The van der Waals surface area contributed by atoms with Gasteiger partial charge in [0.05, 0.1) is 23.1 Å². The molecule has 1 aliphatic rings. The molecule has 0 unspecified atom stereocenters. The third kappa shape index (κ3) is 3.78. The Morgan fingerprint density at radius 1 is 0.967 bits per heavy atom. The molecule has 1 aromatic heterocycles. The molecule has 30 heavy (non-hydrogen) atoms. The van der Waals surface area contributed by atoms with Gasteiger partial charge in [0.2, 0.25) is 10.0 Å². The summed E-state index contributed by atoms with van der Waals surface area (Å²) in [5, 5.41) is 5.73. The van der Waals surface area contributed by atoms with Crippen molar-refractivity contribution >= 4 is 20.8 Å². The highest BCUT2D eigenvalue weighted by Gasteiger charge is 2.31. The van der Waals surface area contributed by atoms with E-state index in [1.165, 1.54) is 4.68 Å². The first-order chi connectivity index (χ1) is 14.3. The van der Waals surface area contributed by atoms with Gasteiger partial charge < -0.3 is 0 Å². The van der Waals surface area contributed by atoms with Gasteiger partial charge in [-0.1, -0.05) is 35.9 Å². The molecule has 0 bridgehead atoms. The average molecular weight is 427 g/mol. The number of aromatic nitrogens is 2. The second-order valence-electron chi connectivity index (χ2n) is 7.93. The van der Waals surface area contributed by atoms with E-state index < -0.39 is 10.0 Å². The number of aryl methyl sites for hydroxylation is 3. The highest BCUT2D eigenvalue weighted by Crippen LogP contribution is 2.26. The fourth-order valence-electron chi connectivity index (χ4n) is 4.23. The van der Waals surface area contributed by atoms with Crippen LogP contribution in [0.15, 0.2) is 52.3 Å². The van der Waals surface area contributed by atoms with Crippen LogP contribution in [-0.2, 0) is 16.7 Å². The Morgan fingerprint density at radius 3 is 2.27 bits per heavy atom. The third-order valence-corrected chi connectivity index (χ3v) is 7.83. The van der Waals surface area contributed by atoms with Crippen LogP contribution < -0.4 is 5.56 Å². The Balaban J connectivity index is 1.49. The van der Waals surface area contributed by atoms with Crippen molar-refractivity contribution in [1.29, 1.82) is 0 Å². The SMILES string of the molecule is Cc1cc(C)c(S(=O)(=O)N2CCN(Cn3ncc4ccccc4c3=O)CC2)c(C)c1. The molecule has 0 radical (unpaired) electrons. The number of fused-ring (bicyclic) bond motifs is 1. The second kappa shape index (κ2) is 7.94. The molecular formula is C22H26N4O3S. The molecule has 3 aromatic rings. The molecule has 158 valence electrons. The van der Waals surface area contributed by atoms with Crippen LogP contribution >= 0.6 is 0 Å². The summed E-state index contributed by atoms with van der Waals surface area (Å²) in [7, 11) is -3.55. The first-order valence-electron chi connectivity index (χ1n) is 10.0. The van der Waals surface area contributed by atoms with Gasteiger partial charge in [-0.3, -0.25) is 9.69 Å². The van der Waals surface area contributed by atoms with Crippen molar-refractivity contribution in [2.45, 2.75) is 32.3 Å². The van der Waals surface area contributed by atoms with Crippen molar-refractivity contribution in [3.05, 3.63) is 69.6 Å². The number of piperazine rings is 1. The zero-order chi connectivity index (χ0) is 21.5. The molecule has 2 heterocycles. The van der Waals surface area contributed by atoms with Gasteiger partial charge in [0.15, 0.2) is 0 Å². The van der Waals surface area contributed by atoms with Crippen molar-refractivity contribution in [3.8, 4) is 0 Å². The topological polar surface area (TPSA) is 75.5 Å². The molecule has 0 amide bonds. The van der Waals surface area contributed by atoms with Gasteiger partial charge in [0, 0.05) is 31.6 Å². The maximum atomic E-state index is 13.2. The van der Waals surface area contributed by atoms with Crippen LogP contribution in [0.3, 0.4) is 0 Å². The van der Waals surface area contributed by atoms with E-state index in [0.29, 0.717) is 43.1 Å². The summed E-state index contributed by atoms with van der Waals surface area (Å²) in [6, 6.07) is 11.2. The molecule has 0 atom stereocenters. The number of sulfonamides is 1. The minimum absolute atomic E-state index is 0.131. The van der Waals surface area contributed by atoms with Crippen LogP contribution in [0.4, 0.5) is 0 Å². The number of benzene rings is 2. The van der Waals surface area contributed by atoms with E-state index in [-0.39, 0.29) is 5.56 Å². The van der Waals surface area contributed by atoms with Crippen molar-refractivity contribution in [2.75, 3.05) is 26.2 Å². The molecule has 0 saturated carbocycles.